The van der Waals surface area contributed by atoms with E-state index in [0.717, 1.165) is 4.47 Å². The molecular weight excluding hydrogens is 270 g/mol. The summed E-state index contributed by atoms with van der Waals surface area (Å²) in [4.78, 5) is 0. The molecular formula is C11H8BrN3O. The first-order chi connectivity index (χ1) is 7.69. The average Bonchev–Trinajstić information content (AvgIpc) is 2.64. The molecule has 0 atom stereocenters. The lowest BCUT2D eigenvalue weighted by Crippen LogP contribution is -1.85. The average molecular weight is 278 g/mol. The third kappa shape index (κ3) is 2.23. The van der Waals surface area contributed by atoms with Gasteiger partial charge in [-0.15, -0.1) is 0 Å². The summed E-state index contributed by atoms with van der Waals surface area (Å²) in [5.74, 6) is 1.33. The number of aryl methyl sites for hydroxylation is 1. The van der Waals surface area contributed by atoms with Gasteiger partial charge >= 0.3 is 0 Å². The monoisotopic (exact) mass is 277 g/mol. The van der Waals surface area contributed by atoms with E-state index >= 15 is 0 Å². The molecule has 2 aromatic rings. The molecule has 0 aliphatic carbocycles. The number of halogens is 1. The van der Waals surface area contributed by atoms with Crippen LogP contribution in [0.5, 0.6) is 11.5 Å². The maximum atomic E-state index is 8.77. The summed E-state index contributed by atoms with van der Waals surface area (Å²) in [7, 11) is 1.82. The van der Waals surface area contributed by atoms with Crippen LogP contribution in [0.15, 0.2) is 35.1 Å². The molecule has 0 unspecified atom stereocenters. The minimum absolute atomic E-state index is 0.582. The zero-order chi connectivity index (χ0) is 11.5. The molecule has 2 rings (SSSR count). The van der Waals surface area contributed by atoms with Gasteiger partial charge in [-0.1, -0.05) is 0 Å². The van der Waals surface area contributed by atoms with Gasteiger partial charge in [0.1, 0.15) is 11.8 Å². The van der Waals surface area contributed by atoms with Gasteiger partial charge in [0.15, 0.2) is 5.75 Å². The first kappa shape index (κ1) is 10.7. The largest absolute Gasteiger partial charge is 0.454 e. The highest BCUT2D eigenvalue weighted by Gasteiger charge is 2.03. The Bertz CT molecular complexity index is 557. The lowest BCUT2D eigenvalue weighted by molar-refractivity contribution is 0.481. The van der Waals surface area contributed by atoms with Crippen molar-refractivity contribution >= 4 is 15.9 Å². The van der Waals surface area contributed by atoms with E-state index in [1.165, 1.54) is 0 Å². The molecule has 0 saturated carbocycles. The van der Waals surface area contributed by atoms with Crippen LogP contribution >= 0.6 is 15.9 Å². The van der Waals surface area contributed by atoms with E-state index in [1.54, 1.807) is 35.3 Å². The molecule has 0 aliphatic heterocycles. The van der Waals surface area contributed by atoms with Crippen LogP contribution in [0.25, 0.3) is 0 Å². The van der Waals surface area contributed by atoms with E-state index in [1.807, 2.05) is 7.05 Å². The summed E-state index contributed by atoms with van der Waals surface area (Å²) in [6.07, 6.45) is 3.40. The molecule has 0 saturated heterocycles. The fraction of sp³-hybridized carbons (Fsp3) is 0.0909. The summed E-state index contributed by atoms with van der Waals surface area (Å²) in [5, 5.41) is 12.8. The standard InChI is InChI=1S/C11H8BrN3O/c1-15-7-10(6-14-15)16-9-3-2-8(5-13)11(12)4-9/h2-4,6-7H,1H3. The van der Waals surface area contributed by atoms with Gasteiger partial charge in [0, 0.05) is 11.5 Å². The van der Waals surface area contributed by atoms with E-state index in [4.69, 9.17) is 10.00 Å². The zero-order valence-electron chi connectivity index (χ0n) is 8.51. The molecule has 5 heteroatoms. The molecule has 0 fully saturated rings. The highest BCUT2D eigenvalue weighted by molar-refractivity contribution is 9.10. The van der Waals surface area contributed by atoms with E-state index < -0.39 is 0 Å². The van der Waals surface area contributed by atoms with Crippen molar-refractivity contribution in [3.05, 3.63) is 40.6 Å². The van der Waals surface area contributed by atoms with Crippen LogP contribution in [0.2, 0.25) is 0 Å². The zero-order valence-corrected chi connectivity index (χ0v) is 10.1. The molecule has 1 aromatic heterocycles. The van der Waals surface area contributed by atoms with E-state index in [0.29, 0.717) is 17.1 Å². The highest BCUT2D eigenvalue weighted by atomic mass is 79.9. The lowest BCUT2D eigenvalue weighted by Gasteiger charge is -2.03. The van der Waals surface area contributed by atoms with Crippen LogP contribution in [0.1, 0.15) is 5.56 Å². The molecule has 0 spiro atoms. The molecule has 16 heavy (non-hydrogen) atoms. The Kier molecular flexibility index (Phi) is 2.93. The van der Waals surface area contributed by atoms with Crippen molar-refractivity contribution in [3.8, 4) is 17.6 Å². The van der Waals surface area contributed by atoms with Crippen LogP contribution in [-0.2, 0) is 7.05 Å². The van der Waals surface area contributed by atoms with Gasteiger partial charge in [0.2, 0.25) is 0 Å². The smallest absolute Gasteiger partial charge is 0.165 e. The third-order valence-corrected chi connectivity index (χ3v) is 2.63. The lowest BCUT2D eigenvalue weighted by atomic mass is 10.2. The van der Waals surface area contributed by atoms with Crippen molar-refractivity contribution in [2.75, 3.05) is 0 Å². The van der Waals surface area contributed by atoms with Crippen molar-refractivity contribution in [1.82, 2.24) is 9.78 Å². The minimum Gasteiger partial charge on any atom is -0.454 e. The summed E-state index contributed by atoms with van der Waals surface area (Å²) >= 11 is 3.30. The minimum atomic E-state index is 0.582. The Morgan fingerprint density at radius 3 is 2.81 bits per heavy atom. The van der Waals surface area contributed by atoms with Crippen LogP contribution in [0.4, 0.5) is 0 Å². The SMILES string of the molecule is Cn1cc(Oc2ccc(C#N)c(Br)c2)cn1. The van der Waals surface area contributed by atoms with Crippen molar-refractivity contribution in [1.29, 1.82) is 5.26 Å². The predicted molar refractivity (Wildman–Crippen MR) is 62.1 cm³/mol. The molecule has 0 aliphatic rings. The van der Waals surface area contributed by atoms with Crippen LogP contribution in [0, 0.1) is 11.3 Å². The maximum absolute atomic E-state index is 8.77. The second kappa shape index (κ2) is 4.37. The summed E-state index contributed by atoms with van der Waals surface area (Å²) in [6, 6.07) is 7.28. The topological polar surface area (TPSA) is 50.8 Å². The molecule has 0 N–H and O–H groups in total. The number of nitrogens with zero attached hydrogens (tertiary/aromatic N) is 3. The van der Waals surface area contributed by atoms with Gasteiger partial charge < -0.3 is 4.74 Å². The fourth-order valence-corrected chi connectivity index (χ4v) is 1.68. The van der Waals surface area contributed by atoms with Gasteiger partial charge in [-0.3, -0.25) is 4.68 Å². The van der Waals surface area contributed by atoms with Crippen LogP contribution in [0.3, 0.4) is 0 Å². The Hall–Kier alpha value is -1.80. The van der Waals surface area contributed by atoms with Crippen LogP contribution in [-0.4, -0.2) is 9.78 Å². The Labute approximate surface area is 101 Å². The molecule has 0 radical (unpaired) electrons. The maximum Gasteiger partial charge on any atom is 0.165 e. The number of hydrogen-bond acceptors (Lipinski definition) is 3. The van der Waals surface area contributed by atoms with Crippen molar-refractivity contribution in [2.45, 2.75) is 0 Å². The number of hydrogen-bond donors (Lipinski definition) is 0. The number of ether oxygens (including phenoxy) is 1. The fourth-order valence-electron chi connectivity index (χ4n) is 1.24. The van der Waals surface area contributed by atoms with Crippen molar-refractivity contribution < 1.29 is 4.74 Å². The second-order valence-electron chi connectivity index (χ2n) is 3.21. The molecule has 1 aromatic carbocycles. The van der Waals surface area contributed by atoms with Gasteiger partial charge in [-0.2, -0.15) is 10.4 Å². The van der Waals surface area contributed by atoms with E-state index in [2.05, 4.69) is 27.1 Å². The number of rotatable bonds is 2. The highest BCUT2D eigenvalue weighted by Crippen LogP contribution is 2.26. The quantitative estimate of drug-likeness (QED) is 0.848. The predicted octanol–water partition coefficient (Wildman–Crippen LogP) is 2.85. The van der Waals surface area contributed by atoms with Gasteiger partial charge in [-0.05, 0) is 34.1 Å². The number of benzene rings is 1. The third-order valence-electron chi connectivity index (χ3n) is 1.98. The Morgan fingerprint density at radius 2 is 2.25 bits per heavy atom. The molecule has 80 valence electrons. The summed E-state index contributed by atoms with van der Waals surface area (Å²) in [5.41, 5.74) is 0.582. The van der Waals surface area contributed by atoms with Gasteiger partial charge in [-0.25, -0.2) is 0 Å². The Balaban J connectivity index is 2.23. The van der Waals surface area contributed by atoms with E-state index in [-0.39, 0.29) is 0 Å². The van der Waals surface area contributed by atoms with Crippen molar-refractivity contribution in [3.63, 3.8) is 0 Å². The first-order valence-electron chi connectivity index (χ1n) is 4.55. The molecule has 0 bridgehead atoms. The number of nitriles is 1. The second-order valence-corrected chi connectivity index (χ2v) is 4.06. The summed E-state index contributed by atoms with van der Waals surface area (Å²) < 4.78 is 7.94. The Morgan fingerprint density at radius 1 is 1.44 bits per heavy atom. The van der Waals surface area contributed by atoms with Gasteiger partial charge in [0.05, 0.1) is 18.0 Å². The van der Waals surface area contributed by atoms with E-state index in [9.17, 15) is 0 Å². The van der Waals surface area contributed by atoms with Crippen molar-refractivity contribution in [2.24, 2.45) is 7.05 Å². The normalized spacial score (nSPS) is 9.81. The van der Waals surface area contributed by atoms with Gasteiger partial charge in [0.25, 0.3) is 0 Å². The first-order valence-corrected chi connectivity index (χ1v) is 5.34. The molecule has 1 heterocycles. The summed E-state index contributed by atoms with van der Waals surface area (Å²) in [6.45, 7) is 0. The number of aromatic nitrogens is 2. The van der Waals surface area contributed by atoms with Crippen LogP contribution < -0.4 is 4.74 Å². The molecule has 4 nitrogen and oxygen atoms in total. The molecule has 0 amide bonds.